The van der Waals surface area contributed by atoms with Gasteiger partial charge in [0.25, 0.3) is 5.79 Å². The molecule has 2 atom stereocenters. The van der Waals surface area contributed by atoms with Gasteiger partial charge >= 0.3 is 5.97 Å². The Bertz CT molecular complexity index is 582. The van der Waals surface area contributed by atoms with Gasteiger partial charge in [-0.2, -0.15) is 0 Å². The summed E-state index contributed by atoms with van der Waals surface area (Å²) < 4.78 is 0. The van der Waals surface area contributed by atoms with E-state index in [4.69, 9.17) is 5.11 Å². The second-order valence-electron chi connectivity index (χ2n) is 7.57. The third-order valence-corrected chi connectivity index (χ3v) is 5.12. The van der Waals surface area contributed by atoms with Gasteiger partial charge in [-0.25, -0.2) is 4.79 Å². The quantitative estimate of drug-likeness (QED) is 0.205. The Labute approximate surface area is 162 Å². The normalized spacial score (nSPS) is 20.1. The first-order chi connectivity index (χ1) is 12.8. The molecule has 5 heteroatoms. The number of aliphatic carboxylic acids is 1. The van der Waals surface area contributed by atoms with Crippen molar-refractivity contribution < 1.29 is 24.9 Å². The SMILES string of the molecule is CCCCCCCC=C[C@H]1CCC(=O)[C@@H]1CC(C)=C=CCC(O)(O)C(=O)O. The summed E-state index contributed by atoms with van der Waals surface area (Å²) in [4.78, 5) is 22.9. The molecule has 1 rings (SSSR count). The Kier molecular flexibility index (Phi) is 10.3. The minimum absolute atomic E-state index is 0.0604. The van der Waals surface area contributed by atoms with Gasteiger partial charge in [0.2, 0.25) is 0 Å². The molecule has 5 nitrogen and oxygen atoms in total. The highest BCUT2D eigenvalue weighted by Gasteiger charge is 2.33. The van der Waals surface area contributed by atoms with Gasteiger partial charge < -0.3 is 15.3 Å². The fourth-order valence-electron chi connectivity index (χ4n) is 3.41. The molecule has 3 N–H and O–H groups in total. The number of carboxylic acids is 1. The van der Waals surface area contributed by atoms with Crippen LogP contribution in [0.5, 0.6) is 0 Å². The van der Waals surface area contributed by atoms with Crippen molar-refractivity contribution in [1.82, 2.24) is 0 Å². The van der Waals surface area contributed by atoms with Crippen LogP contribution in [0.1, 0.15) is 78.1 Å². The second-order valence-corrected chi connectivity index (χ2v) is 7.57. The number of ketones is 1. The van der Waals surface area contributed by atoms with E-state index < -0.39 is 18.2 Å². The van der Waals surface area contributed by atoms with Crippen molar-refractivity contribution >= 4 is 11.8 Å². The number of hydrogen-bond donors (Lipinski definition) is 3. The number of aliphatic hydroxyl groups is 2. The van der Waals surface area contributed by atoms with Crippen molar-refractivity contribution in [2.75, 3.05) is 0 Å². The van der Waals surface area contributed by atoms with Crippen LogP contribution in [0.15, 0.2) is 29.5 Å². The van der Waals surface area contributed by atoms with Gasteiger partial charge in [-0.3, -0.25) is 4.79 Å². The first kappa shape index (κ1) is 23.4. The monoisotopic (exact) mass is 378 g/mol. The van der Waals surface area contributed by atoms with E-state index in [-0.39, 0.29) is 17.6 Å². The molecular formula is C22H34O5. The molecule has 0 aliphatic heterocycles. The average Bonchev–Trinajstić information content (AvgIpc) is 2.94. The van der Waals surface area contributed by atoms with E-state index in [0.29, 0.717) is 12.8 Å². The van der Waals surface area contributed by atoms with Crippen molar-refractivity contribution in [3.8, 4) is 0 Å². The Hall–Kier alpha value is -1.68. The van der Waals surface area contributed by atoms with E-state index >= 15 is 0 Å². The number of carbonyl (C=O) groups is 2. The summed E-state index contributed by atoms with van der Waals surface area (Å²) in [6, 6.07) is 0. The molecule has 0 spiro atoms. The van der Waals surface area contributed by atoms with Crippen molar-refractivity contribution in [2.45, 2.75) is 83.8 Å². The summed E-state index contributed by atoms with van der Waals surface area (Å²) in [5.74, 6) is -4.02. The highest BCUT2D eigenvalue weighted by molar-refractivity contribution is 5.84. The number of allylic oxidation sites excluding steroid dienone is 2. The van der Waals surface area contributed by atoms with Gasteiger partial charge in [-0.1, -0.05) is 44.8 Å². The molecule has 0 saturated heterocycles. The number of rotatable bonds is 12. The summed E-state index contributed by atoms with van der Waals surface area (Å²) >= 11 is 0. The topological polar surface area (TPSA) is 94.8 Å². The number of hydrogen-bond acceptors (Lipinski definition) is 4. The molecule has 1 saturated carbocycles. The maximum atomic E-state index is 12.2. The number of Topliss-reactive ketones (excluding diaryl/α,β-unsaturated/α-hetero) is 1. The van der Waals surface area contributed by atoms with Gasteiger partial charge in [0.1, 0.15) is 5.78 Å². The molecule has 27 heavy (non-hydrogen) atoms. The summed E-state index contributed by atoms with van der Waals surface area (Å²) in [7, 11) is 0. The minimum Gasteiger partial charge on any atom is -0.477 e. The largest absolute Gasteiger partial charge is 0.477 e. The minimum atomic E-state index is -2.78. The number of unbranched alkanes of at least 4 members (excludes halogenated alkanes) is 5. The van der Waals surface area contributed by atoms with Gasteiger partial charge in [-0.05, 0) is 50.2 Å². The fourth-order valence-corrected chi connectivity index (χ4v) is 3.41. The zero-order valence-electron chi connectivity index (χ0n) is 16.6. The molecule has 0 amide bonds. The van der Waals surface area contributed by atoms with Crippen LogP contribution in [0.25, 0.3) is 0 Å². The Morgan fingerprint density at radius 2 is 1.96 bits per heavy atom. The molecule has 0 aromatic carbocycles. The summed E-state index contributed by atoms with van der Waals surface area (Å²) in [5, 5.41) is 27.2. The van der Waals surface area contributed by atoms with Crippen LogP contribution in [0.2, 0.25) is 0 Å². The lowest BCUT2D eigenvalue weighted by Gasteiger charge is -2.15. The van der Waals surface area contributed by atoms with E-state index in [1.807, 2.05) is 6.92 Å². The van der Waals surface area contributed by atoms with E-state index in [1.165, 1.54) is 38.2 Å². The highest BCUT2D eigenvalue weighted by Crippen LogP contribution is 2.34. The van der Waals surface area contributed by atoms with Crippen molar-refractivity contribution in [3.63, 3.8) is 0 Å². The summed E-state index contributed by atoms with van der Waals surface area (Å²) in [6.45, 7) is 4.03. The van der Waals surface area contributed by atoms with Crippen molar-refractivity contribution in [2.24, 2.45) is 11.8 Å². The molecule has 0 radical (unpaired) electrons. The molecule has 0 aromatic rings. The lowest BCUT2D eigenvalue weighted by Crippen LogP contribution is -2.37. The molecule has 0 aromatic heterocycles. The zero-order chi connectivity index (χ0) is 20.3. The van der Waals surface area contributed by atoms with Gasteiger partial charge in [-0.15, -0.1) is 5.73 Å². The standard InChI is InChI=1S/C22H34O5/c1-3-4-5-6-7-8-9-12-18-13-14-20(23)19(18)16-17(2)11-10-15-22(26,27)21(24)25/h9-10,12,18-19,26-27H,3-8,13-16H2,1-2H3,(H,24,25)/t11?,18-,19+/m0/s1. The maximum Gasteiger partial charge on any atom is 0.364 e. The Morgan fingerprint density at radius 3 is 2.63 bits per heavy atom. The first-order valence-electron chi connectivity index (χ1n) is 10.1. The molecule has 0 bridgehead atoms. The third-order valence-electron chi connectivity index (χ3n) is 5.12. The van der Waals surface area contributed by atoms with Gasteiger partial charge in [0.05, 0.1) is 0 Å². The van der Waals surface area contributed by atoms with E-state index in [9.17, 15) is 19.8 Å². The zero-order valence-corrected chi connectivity index (χ0v) is 16.6. The van der Waals surface area contributed by atoms with E-state index in [1.54, 1.807) is 0 Å². The van der Waals surface area contributed by atoms with Crippen LogP contribution in [0.4, 0.5) is 0 Å². The molecule has 152 valence electrons. The Morgan fingerprint density at radius 1 is 1.26 bits per heavy atom. The highest BCUT2D eigenvalue weighted by atomic mass is 16.5. The third kappa shape index (κ3) is 8.70. The van der Waals surface area contributed by atoms with Gasteiger partial charge in [0.15, 0.2) is 0 Å². The van der Waals surface area contributed by atoms with Crippen LogP contribution < -0.4 is 0 Å². The van der Waals surface area contributed by atoms with Crippen LogP contribution >= 0.6 is 0 Å². The van der Waals surface area contributed by atoms with Gasteiger partial charge in [0, 0.05) is 18.8 Å². The van der Waals surface area contributed by atoms with Crippen LogP contribution in [-0.2, 0) is 9.59 Å². The lowest BCUT2D eigenvalue weighted by atomic mass is 9.89. The van der Waals surface area contributed by atoms with Crippen LogP contribution in [-0.4, -0.2) is 32.9 Å². The summed E-state index contributed by atoms with van der Waals surface area (Å²) in [6.07, 6.45) is 14.6. The van der Waals surface area contributed by atoms with E-state index in [2.05, 4.69) is 24.8 Å². The molecule has 1 aliphatic carbocycles. The predicted molar refractivity (Wildman–Crippen MR) is 105 cm³/mol. The summed E-state index contributed by atoms with van der Waals surface area (Å²) in [5.41, 5.74) is 3.70. The number of carbonyl (C=O) groups excluding carboxylic acids is 1. The predicted octanol–water partition coefficient (Wildman–Crippen LogP) is 4.15. The molecule has 0 unspecified atom stereocenters. The molecule has 1 fully saturated rings. The Balaban J connectivity index is 2.54. The van der Waals surface area contributed by atoms with Crippen molar-refractivity contribution in [3.05, 3.63) is 29.5 Å². The molecular weight excluding hydrogens is 344 g/mol. The van der Waals surface area contributed by atoms with Crippen LogP contribution in [0.3, 0.4) is 0 Å². The van der Waals surface area contributed by atoms with E-state index in [0.717, 1.165) is 18.4 Å². The van der Waals surface area contributed by atoms with Crippen LogP contribution in [0, 0.1) is 11.8 Å². The molecule has 1 aliphatic rings. The second kappa shape index (κ2) is 11.9. The first-order valence-corrected chi connectivity index (χ1v) is 10.1. The number of carboxylic acid groups (broad SMARTS) is 1. The van der Waals surface area contributed by atoms with Crippen molar-refractivity contribution in [1.29, 1.82) is 0 Å². The molecule has 0 heterocycles. The fraction of sp³-hybridized carbons (Fsp3) is 0.682. The lowest BCUT2D eigenvalue weighted by molar-refractivity contribution is -0.201. The maximum absolute atomic E-state index is 12.2. The smallest absolute Gasteiger partial charge is 0.364 e. The average molecular weight is 379 g/mol.